The third-order valence-corrected chi connectivity index (χ3v) is 3.97. The average molecular weight is 363 g/mol. The van der Waals surface area contributed by atoms with E-state index >= 15 is 0 Å². The molecule has 0 spiro atoms. The number of hydrogen-bond donors (Lipinski definition) is 1. The minimum absolute atomic E-state index is 0.298. The molecule has 3 aromatic carbocycles. The summed E-state index contributed by atoms with van der Waals surface area (Å²) in [7, 11) is 0. The third kappa shape index (κ3) is 4.58. The summed E-state index contributed by atoms with van der Waals surface area (Å²) in [5.74, 6) is -0.747. The lowest BCUT2D eigenvalue weighted by Gasteiger charge is -2.16. The minimum Gasteiger partial charge on any atom is -0.482 e. The fourth-order valence-electron chi connectivity index (χ4n) is 2.57. The highest BCUT2D eigenvalue weighted by Gasteiger charge is 2.20. The molecule has 0 heterocycles. The smallest absolute Gasteiger partial charge is 0.259 e. The molecule has 0 bridgehead atoms. The number of nitrogens with one attached hydrogen (secondary N) is 1. The second-order valence-electron chi connectivity index (χ2n) is 5.95. The van der Waals surface area contributed by atoms with E-state index in [0.29, 0.717) is 22.6 Å². The summed E-state index contributed by atoms with van der Waals surface area (Å²) in [6.07, 6.45) is -0.832. The maximum absolute atomic E-state index is 13.0. The Morgan fingerprint density at radius 1 is 0.889 bits per heavy atom. The van der Waals surface area contributed by atoms with Crippen LogP contribution >= 0.6 is 0 Å². The molecule has 0 saturated heterocycles. The number of ketones is 1. The van der Waals surface area contributed by atoms with Crippen molar-refractivity contribution in [3.8, 4) is 5.75 Å². The molecule has 0 aliphatic carbocycles. The van der Waals surface area contributed by atoms with Gasteiger partial charge in [-0.05, 0) is 55.5 Å². The van der Waals surface area contributed by atoms with E-state index in [2.05, 4.69) is 5.32 Å². The standard InChI is InChI=1S/C22H18FNO3/c1-15(21(25)16-11-13-17(23)14-12-16)27-20-10-6-5-9-19(20)22(26)24-18-7-3-2-4-8-18/h2-15H,1H3,(H,24,26)/t15-/m1/s1. The van der Waals surface area contributed by atoms with Crippen LogP contribution in [0.5, 0.6) is 5.75 Å². The van der Waals surface area contributed by atoms with Gasteiger partial charge in [-0.2, -0.15) is 0 Å². The Hall–Kier alpha value is -3.47. The van der Waals surface area contributed by atoms with E-state index < -0.39 is 11.9 Å². The fourth-order valence-corrected chi connectivity index (χ4v) is 2.57. The molecular weight excluding hydrogens is 345 g/mol. The number of benzene rings is 3. The van der Waals surface area contributed by atoms with Gasteiger partial charge in [-0.3, -0.25) is 9.59 Å². The first kappa shape index (κ1) is 18.3. The molecule has 4 nitrogen and oxygen atoms in total. The van der Waals surface area contributed by atoms with Crippen molar-refractivity contribution in [1.29, 1.82) is 0 Å². The summed E-state index contributed by atoms with van der Waals surface area (Å²) < 4.78 is 18.8. The van der Waals surface area contributed by atoms with E-state index in [0.717, 1.165) is 0 Å². The highest BCUT2D eigenvalue weighted by molar-refractivity contribution is 6.06. The highest BCUT2D eigenvalue weighted by Crippen LogP contribution is 2.22. The molecule has 1 amide bonds. The van der Waals surface area contributed by atoms with Crippen LogP contribution in [0.1, 0.15) is 27.6 Å². The quantitative estimate of drug-likeness (QED) is 0.644. The van der Waals surface area contributed by atoms with Crippen molar-refractivity contribution in [2.45, 2.75) is 13.0 Å². The van der Waals surface area contributed by atoms with Gasteiger partial charge in [0.2, 0.25) is 5.78 Å². The summed E-state index contributed by atoms with van der Waals surface area (Å²) in [6.45, 7) is 1.59. The summed E-state index contributed by atoms with van der Waals surface area (Å²) in [5.41, 5.74) is 1.32. The van der Waals surface area contributed by atoms with Gasteiger partial charge >= 0.3 is 0 Å². The molecule has 136 valence electrons. The summed E-state index contributed by atoms with van der Waals surface area (Å²) in [6, 6.07) is 21.0. The predicted octanol–water partition coefficient (Wildman–Crippen LogP) is 4.73. The molecule has 0 aliphatic heterocycles. The minimum atomic E-state index is -0.832. The van der Waals surface area contributed by atoms with Gasteiger partial charge in [0.25, 0.3) is 5.91 Å². The van der Waals surface area contributed by atoms with Crippen LogP contribution in [0.25, 0.3) is 0 Å². The first-order chi connectivity index (χ1) is 13.0. The van der Waals surface area contributed by atoms with Crippen molar-refractivity contribution in [1.82, 2.24) is 0 Å². The Balaban J connectivity index is 1.76. The Labute approximate surface area is 156 Å². The second kappa shape index (κ2) is 8.27. The Morgan fingerprint density at radius 3 is 2.22 bits per heavy atom. The van der Waals surface area contributed by atoms with E-state index in [1.54, 1.807) is 43.3 Å². The number of ether oxygens (including phenoxy) is 1. The average Bonchev–Trinajstić information content (AvgIpc) is 2.69. The van der Waals surface area contributed by atoms with Crippen LogP contribution in [-0.2, 0) is 0 Å². The number of carbonyl (C=O) groups is 2. The van der Waals surface area contributed by atoms with Gasteiger partial charge < -0.3 is 10.1 Å². The first-order valence-electron chi connectivity index (χ1n) is 8.46. The molecule has 0 unspecified atom stereocenters. The van der Waals surface area contributed by atoms with Crippen LogP contribution in [0.15, 0.2) is 78.9 Å². The molecular formula is C22H18FNO3. The SMILES string of the molecule is C[C@@H](Oc1ccccc1C(=O)Nc1ccccc1)C(=O)c1ccc(F)cc1. The van der Waals surface area contributed by atoms with E-state index in [9.17, 15) is 14.0 Å². The molecule has 0 aliphatic rings. The molecule has 0 saturated carbocycles. The van der Waals surface area contributed by atoms with Crippen LogP contribution in [-0.4, -0.2) is 17.8 Å². The molecule has 3 aromatic rings. The lowest BCUT2D eigenvalue weighted by molar-refractivity contribution is 0.0812. The van der Waals surface area contributed by atoms with Crippen LogP contribution in [0.3, 0.4) is 0 Å². The van der Waals surface area contributed by atoms with Gasteiger partial charge in [0.05, 0.1) is 5.56 Å². The number of rotatable bonds is 6. The van der Waals surface area contributed by atoms with E-state index in [1.165, 1.54) is 24.3 Å². The Bertz CT molecular complexity index is 939. The van der Waals surface area contributed by atoms with Gasteiger partial charge in [-0.1, -0.05) is 30.3 Å². The van der Waals surface area contributed by atoms with Gasteiger partial charge in [0, 0.05) is 11.3 Å². The molecule has 3 rings (SSSR count). The molecule has 0 aromatic heterocycles. The van der Waals surface area contributed by atoms with Crippen LogP contribution in [0.4, 0.5) is 10.1 Å². The summed E-state index contributed by atoms with van der Waals surface area (Å²) >= 11 is 0. The van der Waals surface area contributed by atoms with Gasteiger partial charge in [0.15, 0.2) is 6.10 Å². The molecule has 1 atom stereocenters. The van der Waals surface area contributed by atoms with Crippen molar-refractivity contribution in [2.24, 2.45) is 0 Å². The second-order valence-corrected chi connectivity index (χ2v) is 5.95. The fraction of sp³-hybridized carbons (Fsp3) is 0.0909. The van der Waals surface area contributed by atoms with Crippen molar-refractivity contribution < 1.29 is 18.7 Å². The number of para-hydroxylation sites is 2. The molecule has 0 fully saturated rings. The normalized spacial score (nSPS) is 11.5. The molecule has 5 heteroatoms. The maximum atomic E-state index is 13.0. The van der Waals surface area contributed by atoms with Crippen molar-refractivity contribution >= 4 is 17.4 Å². The Morgan fingerprint density at radius 2 is 1.52 bits per heavy atom. The van der Waals surface area contributed by atoms with Crippen LogP contribution in [0, 0.1) is 5.82 Å². The first-order valence-corrected chi connectivity index (χ1v) is 8.46. The number of amides is 1. The zero-order chi connectivity index (χ0) is 19.2. The van der Waals surface area contributed by atoms with Crippen molar-refractivity contribution in [3.63, 3.8) is 0 Å². The van der Waals surface area contributed by atoms with Crippen molar-refractivity contribution in [3.05, 3.63) is 95.8 Å². The van der Waals surface area contributed by atoms with E-state index in [4.69, 9.17) is 4.74 Å². The topological polar surface area (TPSA) is 55.4 Å². The summed E-state index contributed by atoms with van der Waals surface area (Å²) in [5, 5.41) is 2.79. The van der Waals surface area contributed by atoms with Crippen LogP contribution < -0.4 is 10.1 Å². The molecule has 1 N–H and O–H groups in total. The third-order valence-electron chi connectivity index (χ3n) is 3.97. The number of halogens is 1. The maximum Gasteiger partial charge on any atom is 0.259 e. The van der Waals surface area contributed by atoms with Gasteiger partial charge in [0.1, 0.15) is 11.6 Å². The summed E-state index contributed by atoms with van der Waals surface area (Å²) in [4.78, 5) is 25.1. The van der Waals surface area contributed by atoms with E-state index in [1.807, 2.05) is 18.2 Å². The monoisotopic (exact) mass is 363 g/mol. The Kier molecular flexibility index (Phi) is 5.61. The number of Topliss-reactive ketones (excluding diaryl/α,β-unsaturated/α-hetero) is 1. The van der Waals surface area contributed by atoms with Gasteiger partial charge in [-0.25, -0.2) is 4.39 Å². The zero-order valence-electron chi connectivity index (χ0n) is 14.7. The number of carbonyl (C=O) groups excluding carboxylic acids is 2. The van der Waals surface area contributed by atoms with E-state index in [-0.39, 0.29) is 11.7 Å². The van der Waals surface area contributed by atoms with Crippen molar-refractivity contribution in [2.75, 3.05) is 5.32 Å². The number of anilines is 1. The lowest BCUT2D eigenvalue weighted by atomic mass is 10.1. The molecule has 0 radical (unpaired) electrons. The largest absolute Gasteiger partial charge is 0.482 e. The van der Waals surface area contributed by atoms with Crippen LogP contribution in [0.2, 0.25) is 0 Å². The number of hydrogen-bond acceptors (Lipinski definition) is 3. The molecule has 27 heavy (non-hydrogen) atoms. The van der Waals surface area contributed by atoms with Gasteiger partial charge in [-0.15, -0.1) is 0 Å². The predicted molar refractivity (Wildman–Crippen MR) is 102 cm³/mol. The zero-order valence-corrected chi connectivity index (χ0v) is 14.7. The highest BCUT2D eigenvalue weighted by atomic mass is 19.1. The lowest BCUT2D eigenvalue weighted by Crippen LogP contribution is -2.25.